The number of pyridine rings is 2. The maximum absolute atomic E-state index is 12.5. The zero-order valence-electron chi connectivity index (χ0n) is 12.1. The SMILES string of the molecule is Cc1cc(C(=O)N2CCN(c3ccccn3)CC2)ccn1. The molecule has 2 aromatic heterocycles. The minimum Gasteiger partial charge on any atom is -0.353 e. The van der Waals surface area contributed by atoms with E-state index < -0.39 is 0 Å². The van der Waals surface area contributed by atoms with Crippen LogP contribution in [0.15, 0.2) is 42.7 Å². The van der Waals surface area contributed by atoms with E-state index in [1.165, 1.54) is 0 Å². The standard InChI is InChI=1S/C16H18N4O/c1-13-12-14(5-7-17-13)16(21)20-10-8-19(9-11-20)15-4-2-3-6-18-15/h2-7,12H,8-11H2,1H3. The van der Waals surface area contributed by atoms with E-state index in [0.29, 0.717) is 5.56 Å². The minimum absolute atomic E-state index is 0.0844. The lowest BCUT2D eigenvalue weighted by molar-refractivity contribution is 0.0746. The highest BCUT2D eigenvalue weighted by atomic mass is 16.2. The van der Waals surface area contributed by atoms with E-state index in [1.54, 1.807) is 18.5 Å². The molecular formula is C16H18N4O. The van der Waals surface area contributed by atoms with Gasteiger partial charge in [-0.1, -0.05) is 6.07 Å². The highest BCUT2D eigenvalue weighted by molar-refractivity contribution is 5.94. The molecule has 0 aromatic carbocycles. The van der Waals surface area contributed by atoms with Crippen LogP contribution in [0.4, 0.5) is 5.82 Å². The van der Waals surface area contributed by atoms with Gasteiger partial charge in [-0.3, -0.25) is 9.78 Å². The van der Waals surface area contributed by atoms with Crippen LogP contribution < -0.4 is 4.90 Å². The lowest BCUT2D eigenvalue weighted by Crippen LogP contribution is -2.49. The van der Waals surface area contributed by atoms with Crippen LogP contribution in [0.25, 0.3) is 0 Å². The number of hydrogen-bond donors (Lipinski definition) is 0. The Hall–Kier alpha value is -2.43. The lowest BCUT2D eigenvalue weighted by atomic mass is 10.2. The second kappa shape index (κ2) is 5.91. The molecule has 1 saturated heterocycles. The molecule has 1 amide bonds. The van der Waals surface area contributed by atoms with Crippen molar-refractivity contribution in [2.45, 2.75) is 6.92 Å². The average molecular weight is 282 g/mol. The van der Waals surface area contributed by atoms with Crippen LogP contribution in [0.5, 0.6) is 0 Å². The van der Waals surface area contributed by atoms with E-state index in [2.05, 4.69) is 14.9 Å². The Bertz CT molecular complexity index is 621. The third kappa shape index (κ3) is 3.02. The van der Waals surface area contributed by atoms with Crippen LogP contribution in [0.2, 0.25) is 0 Å². The maximum Gasteiger partial charge on any atom is 0.254 e. The molecule has 0 unspecified atom stereocenters. The number of amides is 1. The number of carbonyl (C=O) groups excluding carboxylic acids is 1. The largest absolute Gasteiger partial charge is 0.353 e. The fourth-order valence-electron chi connectivity index (χ4n) is 2.54. The van der Waals surface area contributed by atoms with Gasteiger partial charge in [0.05, 0.1) is 0 Å². The number of rotatable bonds is 2. The van der Waals surface area contributed by atoms with Gasteiger partial charge < -0.3 is 9.80 Å². The Balaban J connectivity index is 1.64. The predicted octanol–water partition coefficient (Wildman–Crippen LogP) is 1.75. The van der Waals surface area contributed by atoms with Crippen molar-refractivity contribution in [3.63, 3.8) is 0 Å². The van der Waals surface area contributed by atoms with Crippen LogP contribution in [-0.2, 0) is 0 Å². The summed E-state index contributed by atoms with van der Waals surface area (Å²) in [6, 6.07) is 9.52. The number of anilines is 1. The van der Waals surface area contributed by atoms with Crippen LogP contribution in [-0.4, -0.2) is 47.0 Å². The number of aryl methyl sites for hydroxylation is 1. The van der Waals surface area contributed by atoms with Crippen molar-refractivity contribution in [1.29, 1.82) is 0 Å². The van der Waals surface area contributed by atoms with Crippen LogP contribution >= 0.6 is 0 Å². The lowest BCUT2D eigenvalue weighted by Gasteiger charge is -2.35. The highest BCUT2D eigenvalue weighted by Gasteiger charge is 2.22. The molecule has 0 aliphatic carbocycles. The molecule has 5 heteroatoms. The van der Waals surface area contributed by atoms with Crippen molar-refractivity contribution in [3.05, 3.63) is 54.0 Å². The summed E-state index contributed by atoms with van der Waals surface area (Å²) >= 11 is 0. The summed E-state index contributed by atoms with van der Waals surface area (Å²) in [5.74, 6) is 1.06. The Morgan fingerprint density at radius 1 is 1.05 bits per heavy atom. The van der Waals surface area contributed by atoms with Crippen molar-refractivity contribution in [1.82, 2.24) is 14.9 Å². The molecule has 0 spiro atoms. The van der Waals surface area contributed by atoms with E-state index in [0.717, 1.165) is 37.7 Å². The predicted molar refractivity (Wildman–Crippen MR) is 81.3 cm³/mol. The molecule has 0 saturated carbocycles. The molecule has 1 aliphatic heterocycles. The first-order valence-electron chi connectivity index (χ1n) is 7.12. The van der Waals surface area contributed by atoms with Crippen molar-refractivity contribution in [3.8, 4) is 0 Å². The first-order valence-corrected chi connectivity index (χ1v) is 7.12. The number of aromatic nitrogens is 2. The van der Waals surface area contributed by atoms with Gasteiger partial charge in [0.15, 0.2) is 0 Å². The molecule has 0 atom stereocenters. The smallest absolute Gasteiger partial charge is 0.254 e. The minimum atomic E-state index is 0.0844. The van der Waals surface area contributed by atoms with Gasteiger partial charge in [0.1, 0.15) is 5.82 Å². The topological polar surface area (TPSA) is 49.3 Å². The molecule has 21 heavy (non-hydrogen) atoms. The molecular weight excluding hydrogens is 264 g/mol. The molecule has 1 fully saturated rings. The Labute approximate surface area is 124 Å². The van der Waals surface area contributed by atoms with Gasteiger partial charge in [-0.05, 0) is 31.2 Å². The van der Waals surface area contributed by atoms with Crippen molar-refractivity contribution < 1.29 is 4.79 Å². The summed E-state index contributed by atoms with van der Waals surface area (Å²) in [7, 11) is 0. The summed E-state index contributed by atoms with van der Waals surface area (Å²) in [5.41, 5.74) is 1.58. The van der Waals surface area contributed by atoms with E-state index in [-0.39, 0.29) is 5.91 Å². The number of hydrogen-bond acceptors (Lipinski definition) is 4. The zero-order chi connectivity index (χ0) is 14.7. The van der Waals surface area contributed by atoms with Crippen LogP contribution in [0.3, 0.4) is 0 Å². The summed E-state index contributed by atoms with van der Waals surface area (Å²) < 4.78 is 0. The van der Waals surface area contributed by atoms with Gasteiger partial charge in [0, 0.05) is 49.8 Å². The first kappa shape index (κ1) is 13.5. The van der Waals surface area contributed by atoms with Gasteiger partial charge in [-0.25, -0.2) is 4.98 Å². The second-order valence-electron chi connectivity index (χ2n) is 5.15. The zero-order valence-corrected chi connectivity index (χ0v) is 12.1. The molecule has 1 aliphatic rings. The second-order valence-corrected chi connectivity index (χ2v) is 5.15. The normalized spacial score (nSPS) is 15.1. The third-order valence-corrected chi connectivity index (χ3v) is 3.68. The third-order valence-electron chi connectivity index (χ3n) is 3.68. The Morgan fingerprint density at radius 2 is 1.86 bits per heavy atom. The fourth-order valence-corrected chi connectivity index (χ4v) is 2.54. The maximum atomic E-state index is 12.5. The first-order chi connectivity index (χ1) is 10.2. The molecule has 3 heterocycles. The van der Waals surface area contributed by atoms with Gasteiger partial charge in [-0.2, -0.15) is 0 Å². The van der Waals surface area contributed by atoms with Crippen molar-refractivity contribution in [2.24, 2.45) is 0 Å². The molecule has 0 bridgehead atoms. The summed E-state index contributed by atoms with van der Waals surface area (Å²) in [6.45, 7) is 4.96. The molecule has 3 rings (SSSR count). The highest BCUT2D eigenvalue weighted by Crippen LogP contribution is 2.14. The summed E-state index contributed by atoms with van der Waals surface area (Å²) in [4.78, 5) is 25.1. The summed E-state index contributed by atoms with van der Waals surface area (Å²) in [6.07, 6.45) is 3.49. The van der Waals surface area contributed by atoms with Crippen LogP contribution in [0.1, 0.15) is 16.1 Å². The monoisotopic (exact) mass is 282 g/mol. The van der Waals surface area contributed by atoms with E-state index in [1.807, 2.05) is 36.1 Å². The van der Waals surface area contributed by atoms with Gasteiger partial charge in [-0.15, -0.1) is 0 Å². The molecule has 108 valence electrons. The van der Waals surface area contributed by atoms with E-state index >= 15 is 0 Å². The number of nitrogens with zero attached hydrogens (tertiary/aromatic N) is 4. The van der Waals surface area contributed by atoms with Gasteiger partial charge >= 0.3 is 0 Å². The van der Waals surface area contributed by atoms with E-state index in [9.17, 15) is 4.79 Å². The molecule has 0 N–H and O–H groups in total. The fraction of sp³-hybridized carbons (Fsp3) is 0.312. The van der Waals surface area contributed by atoms with Gasteiger partial charge in [0.25, 0.3) is 5.91 Å². The Kier molecular flexibility index (Phi) is 3.81. The summed E-state index contributed by atoms with van der Waals surface area (Å²) in [5, 5.41) is 0. The average Bonchev–Trinajstić information content (AvgIpc) is 2.55. The van der Waals surface area contributed by atoms with Crippen molar-refractivity contribution >= 4 is 11.7 Å². The number of piperazine rings is 1. The quantitative estimate of drug-likeness (QED) is 0.842. The molecule has 2 aromatic rings. The van der Waals surface area contributed by atoms with Gasteiger partial charge in [0.2, 0.25) is 0 Å². The molecule has 5 nitrogen and oxygen atoms in total. The van der Waals surface area contributed by atoms with E-state index in [4.69, 9.17) is 0 Å². The number of carbonyl (C=O) groups is 1. The Morgan fingerprint density at radius 3 is 2.52 bits per heavy atom. The van der Waals surface area contributed by atoms with Crippen LogP contribution in [0, 0.1) is 6.92 Å². The molecule has 0 radical (unpaired) electrons. The van der Waals surface area contributed by atoms with Crippen molar-refractivity contribution in [2.75, 3.05) is 31.1 Å².